The Kier molecular flexibility index (Phi) is 2.99. The summed E-state index contributed by atoms with van der Waals surface area (Å²) in [5.74, 6) is 0. The van der Waals surface area contributed by atoms with Crippen LogP contribution < -0.4 is 0 Å². The zero-order chi connectivity index (χ0) is 13.5. The fourth-order valence-electron chi connectivity index (χ4n) is 1.19. The lowest BCUT2D eigenvalue weighted by Crippen LogP contribution is -2.09. The SMILES string of the molecule is O=[N+]([O-])c1c(C(F)(F)F)nn(-c2nccs2)c1Cl. The minimum Gasteiger partial charge on any atom is -0.258 e. The Labute approximate surface area is 106 Å². The third-order valence-electron chi connectivity index (χ3n) is 1.86. The molecule has 11 heteroatoms. The Morgan fingerprint density at radius 3 is 2.56 bits per heavy atom. The molecule has 0 amide bonds. The van der Waals surface area contributed by atoms with E-state index in [1.165, 1.54) is 11.6 Å². The molecule has 0 saturated heterocycles. The monoisotopic (exact) mass is 298 g/mol. The van der Waals surface area contributed by atoms with Crippen molar-refractivity contribution in [2.75, 3.05) is 0 Å². The standard InChI is InChI=1S/C7H2ClF3N4O2S/c8-5-3(15(16)17)4(7(9,10)11)13-14(5)6-12-1-2-18-6/h1-2H. The Balaban J connectivity index is 2.69. The Bertz CT molecular complexity index is 595. The van der Waals surface area contributed by atoms with Crippen LogP contribution in [0.4, 0.5) is 18.9 Å². The van der Waals surface area contributed by atoms with E-state index < -0.39 is 27.6 Å². The van der Waals surface area contributed by atoms with Gasteiger partial charge in [0.1, 0.15) is 0 Å². The van der Waals surface area contributed by atoms with Crippen LogP contribution in [-0.2, 0) is 6.18 Å². The molecular formula is C7H2ClF3N4O2S. The summed E-state index contributed by atoms with van der Waals surface area (Å²) in [4.78, 5) is 13.1. The summed E-state index contributed by atoms with van der Waals surface area (Å²) in [5.41, 5.74) is -2.92. The maximum absolute atomic E-state index is 12.6. The number of hydrogen-bond acceptors (Lipinski definition) is 5. The van der Waals surface area contributed by atoms with Crippen molar-refractivity contribution >= 4 is 28.6 Å². The molecule has 0 unspecified atom stereocenters. The van der Waals surface area contributed by atoms with Crippen LogP contribution in [0.3, 0.4) is 0 Å². The summed E-state index contributed by atoms with van der Waals surface area (Å²) in [6, 6.07) is 0. The van der Waals surface area contributed by atoms with Gasteiger partial charge >= 0.3 is 11.9 Å². The first-order valence-corrected chi connectivity index (χ1v) is 5.48. The van der Waals surface area contributed by atoms with E-state index in [-0.39, 0.29) is 5.13 Å². The average Bonchev–Trinajstić information content (AvgIpc) is 2.81. The molecule has 0 atom stereocenters. The van der Waals surface area contributed by atoms with Gasteiger partial charge in [0.15, 0.2) is 0 Å². The van der Waals surface area contributed by atoms with Crippen LogP contribution in [0, 0.1) is 10.1 Å². The maximum Gasteiger partial charge on any atom is 0.442 e. The largest absolute Gasteiger partial charge is 0.442 e. The van der Waals surface area contributed by atoms with Crippen molar-refractivity contribution in [1.29, 1.82) is 0 Å². The molecule has 0 radical (unpaired) electrons. The van der Waals surface area contributed by atoms with Gasteiger partial charge in [0.2, 0.25) is 16.0 Å². The molecule has 0 aliphatic rings. The lowest BCUT2D eigenvalue weighted by Gasteiger charge is -1.99. The highest BCUT2D eigenvalue weighted by Crippen LogP contribution is 2.40. The maximum atomic E-state index is 12.6. The van der Waals surface area contributed by atoms with Crippen LogP contribution in [0.15, 0.2) is 11.6 Å². The first-order valence-electron chi connectivity index (χ1n) is 4.22. The van der Waals surface area contributed by atoms with Crippen molar-refractivity contribution in [3.8, 4) is 5.13 Å². The van der Waals surface area contributed by atoms with E-state index >= 15 is 0 Å². The van der Waals surface area contributed by atoms with Gasteiger partial charge in [0.05, 0.1) is 4.92 Å². The highest BCUT2D eigenvalue weighted by atomic mass is 35.5. The molecule has 0 fully saturated rings. The third-order valence-corrected chi connectivity index (χ3v) is 2.94. The average molecular weight is 299 g/mol. The van der Waals surface area contributed by atoms with Crippen LogP contribution in [0.2, 0.25) is 5.15 Å². The molecule has 0 aromatic carbocycles. The number of alkyl halides is 3. The van der Waals surface area contributed by atoms with Gasteiger partial charge in [-0.1, -0.05) is 11.6 Å². The lowest BCUT2D eigenvalue weighted by atomic mass is 10.4. The Morgan fingerprint density at radius 2 is 2.17 bits per heavy atom. The highest BCUT2D eigenvalue weighted by molar-refractivity contribution is 7.12. The molecular weight excluding hydrogens is 297 g/mol. The Morgan fingerprint density at radius 1 is 1.50 bits per heavy atom. The minimum absolute atomic E-state index is 0.0126. The van der Waals surface area contributed by atoms with E-state index in [2.05, 4.69) is 10.1 Å². The molecule has 0 spiro atoms. The van der Waals surface area contributed by atoms with E-state index in [1.807, 2.05) is 0 Å². The van der Waals surface area contributed by atoms with Gasteiger partial charge in [0, 0.05) is 11.6 Å². The summed E-state index contributed by atoms with van der Waals surface area (Å²) in [5, 5.41) is 14.5. The summed E-state index contributed by atoms with van der Waals surface area (Å²) < 4.78 is 38.4. The van der Waals surface area contributed by atoms with E-state index in [9.17, 15) is 23.3 Å². The molecule has 0 aliphatic carbocycles. The van der Waals surface area contributed by atoms with Crippen LogP contribution in [-0.4, -0.2) is 19.7 Å². The number of thiazole rings is 1. The minimum atomic E-state index is -4.96. The molecule has 2 heterocycles. The van der Waals surface area contributed by atoms with Crippen LogP contribution in [0.5, 0.6) is 0 Å². The van der Waals surface area contributed by atoms with Crippen LogP contribution >= 0.6 is 22.9 Å². The second-order valence-corrected chi connectivity index (χ2v) is 4.20. The van der Waals surface area contributed by atoms with E-state index in [1.54, 1.807) is 0 Å². The molecule has 96 valence electrons. The molecule has 18 heavy (non-hydrogen) atoms. The van der Waals surface area contributed by atoms with Crippen molar-refractivity contribution < 1.29 is 18.1 Å². The molecule has 0 aliphatic heterocycles. The van der Waals surface area contributed by atoms with E-state index in [4.69, 9.17) is 11.6 Å². The van der Waals surface area contributed by atoms with Gasteiger partial charge in [-0.15, -0.1) is 11.3 Å². The predicted octanol–water partition coefficient (Wildman–Crippen LogP) is 2.91. The summed E-state index contributed by atoms with van der Waals surface area (Å²) in [6.07, 6.45) is -3.65. The quantitative estimate of drug-likeness (QED) is 0.631. The molecule has 2 rings (SSSR count). The number of nitrogens with zero attached hydrogens (tertiary/aromatic N) is 4. The smallest absolute Gasteiger partial charge is 0.258 e. The predicted molar refractivity (Wildman–Crippen MR) is 55.9 cm³/mol. The third kappa shape index (κ3) is 2.04. The van der Waals surface area contributed by atoms with Crippen molar-refractivity contribution in [2.24, 2.45) is 0 Å². The number of aromatic nitrogens is 3. The second kappa shape index (κ2) is 4.21. The molecule has 0 saturated carbocycles. The molecule has 6 nitrogen and oxygen atoms in total. The highest BCUT2D eigenvalue weighted by Gasteiger charge is 2.45. The number of hydrogen-bond donors (Lipinski definition) is 0. The van der Waals surface area contributed by atoms with Crippen LogP contribution in [0.1, 0.15) is 5.69 Å². The van der Waals surface area contributed by atoms with Gasteiger partial charge in [-0.05, 0) is 0 Å². The Hall–Kier alpha value is -1.68. The van der Waals surface area contributed by atoms with Crippen molar-refractivity contribution in [3.63, 3.8) is 0 Å². The zero-order valence-electron chi connectivity index (χ0n) is 8.18. The zero-order valence-corrected chi connectivity index (χ0v) is 9.75. The number of nitro groups is 1. The van der Waals surface area contributed by atoms with Crippen molar-refractivity contribution in [3.05, 3.63) is 32.5 Å². The number of rotatable bonds is 2. The van der Waals surface area contributed by atoms with Crippen molar-refractivity contribution in [2.45, 2.75) is 6.18 Å². The second-order valence-electron chi connectivity index (χ2n) is 2.97. The van der Waals surface area contributed by atoms with E-state index in [0.717, 1.165) is 11.3 Å². The van der Waals surface area contributed by atoms with Gasteiger partial charge in [-0.3, -0.25) is 10.1 Å². The van der Waals surface area contributed by atoms with Gasteiger partial charge in [0.25, 0.3) is 0 Å². The molecule has 2 aromatic heterocycles. The lowest BCUT2D eigenvalue weighted by molar-refractivity contribution is -0.388. The van der Waals surface area contributed by atoms with Crippen LogP contribution in [0.25, 0.3) is 5.13 Å². The topological polar surface area (TPSA) is 73.8 Å². The normalized spacial score (nSPS) is 11.8. The summed E-state index contributed by atoms with van der Waals surface area (Å²) >= 11 is 6.50. The fourth-order valence-corrected chi connectivity index (χ4v) is 2.11. The van der Waals surface area contributed by atoms with Gasteiger partial charge in [-0.2, -0.15) is 23.0 Å². The summed E-state index contributed by atoms with van der Waals surface area (Å²) in [6.45, 7) is 0. The molecule has 2 aromatic rings. The fraction of sp³-hybridized carbons (Fsp3) is 0.143. The number of halogens is 4. The molecule has 0 bridgehead atoms. The first-order chi connectivity index (χ1) is 8.32. The summed E-state index contributed by atoms with van der Waals surface area (Å²) in [7, 11) is 0. The van der Waals surface area contributed by atoms with Gasteiger partial charge in [-0.25, -0.2) is 4.98 Å². The van der Waals surface area contributed by atoms with Gasteiger partial charge < -0.3 is 0 Å². The van der Waals surface area contributed by atoms with Crippen molar-refractivity contribution in [1.82, 2.24) is 14.8 Å². The van der Waals surface area contributed by atoms with E-state index in [0.29, 0.717) is 4.68 Å². The molecule has 0 N–H and O–H groups in total. The first kappa shape index (κ1) is 12.8.